The Balaban J connectivity index is 1.68. The summed E-state index contributed by atoms with van der Waals surface area (Å²) in [5.41, 5.74) is -0.389. The van der Waals surface area contributed by atoms with Gasteiger partial charge in [-0.1, -0.05) is 13.8 Å². The van der Waals surface area contributed by atoms with E-state index in [1.165, 1.54) is 7.05 Å². The Morgan fingerprint density at radius 1 is 1.28 bits per heavy atom. The molecule has 1 aliphatic heterocycles. The molecule has 2 aromatic rings. The van der Waals surface area contributed by atoms with Crippen molar-refractivity contribution < 1.29 is 4.79 Å². The third-order valence-electron chi connectivity index (χ3n) is 4.81. The molecule has 3 heterocycles. The van der Waals surface area contributed by atoms with Crippen molar-refractivity contribution in [3.05, 3.63) is 28.0 Å². The highest BCUT2D eigenvalue weighted by Gasteiger charge is 2.38. The summed E-state index contributed by atoms with van der Waals surface area (Å²) in [4.78, 5) is 33.6. The quantitative estimate of drug-likeness (QED) is 0.884. The van der Waals surface area contributed by atoms with Crippen LogP contribution in [0.5, 0.6) is 0 Å². The summed E-state index contributed by atoms with van der Waals surface area (Å²) in [6, 6.07) is -0.147. The van der Waals surface area contributed by atoms with Crippen LogP contribution in [0, 0.1) is 5.92 Å². The summed E-state index contributed by atoms with van der Waals surface area (Å²) >= 11 is 0. The number of hydrogen-bond acceptors (Lipinski definition) is 5. The van der Waals surface area contributed by atoms with Crippen LogP contribution in [-0.4, -0.2) is 46.9 Å². The molecule has 25 heavy (non-hydrogen) atoms. The van der Waals surface area contributed by atoms with Gasteiger partial charge in [-0.3, -0.25) is 9.78 Å². The molecule has 4 rings (SSSR count). The van der Waals surface area contributed by atoms with E-state index in [-0.39, 0.29) is 23.5 Å². The summed E-state index contributed by atoms with van der Waals surface area (Å²) in [6.07, 6.45) is 3.10. The first kappa shape index (κ1) is 16.0. The lowest BCUT2D eigenvalue weighted by atomic mass is 10.00. The summed E-state index contributed by atoms with van der Waals surface area (Å²) in [5.74, 6) is 2.46. The van der Waals surface area contributed by atoms with Crippen molar-refractivity contribution in [2.75, 3.05) is 6.54 Å². The highest BCUT2D eigenvalue weighted by molar-refractivity contribution is 5.90. The molecule has 2 aliphatic rings. The van der Waals surface area contributed by atoms with Crippen molar-refractivity contribution in [2.24, 2.45) is 13.0 Å². The van der Waals surface area contributed by atoms with Gasteiger partial charge < -0.3 is 4.90 Å². The SMILES string of the molecule is CC(C)C[C@H]1c2nc(C3CC3)nn2CCN1C(=O)c1nn(C)c(=O)[nH]1. The molecule has 1 N–H and O–H groups in total. The van der Waals surface area contributed by atoms with Gasteiger partial charge in [0.15, 0.2) is 5.82 Å². The number of carbonyl (C=O) groups is 1. The second kappa shape index (κ2) is 5.82. The van der Waals surface area contributed by atoms with Crippen molar-refractivity contribution in [3.63, 3.8) is 0 Å². The number of carbonyl (C=O) groups excluding carboxylic acids is 1. The zero-order valence-corrected chi connectivity index (χ0v) is 14.8. The maximum absolute atomic E-state index is 12.9. The van der Waals surface area contributed by atoms with Gasteiger partial charge in [0.05, 0.1) is 12.6 Å². The van der Waals surface area contributed by atoms with Gasteiger partial charge in [-0.05, 0) is 25.2 Å². The van der Waals surface area contributed by atoms with Crippen molar-refractivity contribution in [1.82, 2.24) is 34.4 Å². The van der Waals surface area contributed by atoms with Gasteiger partial charge >= 0.3 is 5.69 Å². The normalized spacial score (nSPS) is 20.2. The Morgan fingerprint density at radius 2 is 2.04 bits per heavy atom. The van der Waals surface area contributed by atoms with E-state index in [9.17, 15) is 9.59 Å². The lowest BCUT2D eigenvalue weighted by molar-refractivity contribution is 0.0565. The van der Waals surface area contributed by atoms with Crippen LogP contribution in [0.3, 0.4) is 0 Å². The van der Waals surface area contributed by atoms with E-state index in [0.29, 0.717) is 24.9 Å². The van der Waals surface area contributed by atoms with Crippen LogP contribution in [0.25, 0.3) is 0 Å². The molecule has 0 unspecified atom stereocenters. The molecule has 0 saturated heterocycles. The number of aromatic nitrogens is 6. The summed E-state index contributed by atoms with van der Waals surface area (Å²) in [7, 11) is 1.52. The van der Waals surface area contributed by atoms with Gasteiger partial charge in [-0.25, -0.2) is 19.1 Å². The van der Waals surface area contributed by atoms with Crippen molar-refractivity contribution in [3.8, 4) is 0 Å². The van der Waals surface area contributed by atoms with Crippen LogP contribution in [0.15, 0.2) is 4.79 Å². The van der Waals surface area contributed by atoms with Crippen molar-refractivity contribution in [1.29, 1.82) is 0 Å². The number of nitrogens with one attached hydrogen (secondary N) is 1. The molecular weight excluding hydrogens is 322 g/mol. The van der Waals surface area contributed by atoms with E-state index in [2.05, 4.69) is 29.0 Å². The lowest BCUT2D eigenvalue weighted by Gasteiger charge is -2.35. The minimum absolute atomic E-state index is 0.0802. The predicted octanol–water partition coefficient (Wildman–Crippen LogP) is 0.821. The first-order valence-corrected chi connectivity index (χ1v) is 8.83. The molecule has 9 nitrogen and oxygen atoms in total. The summed E-state index contributed by atoms with van der Waals surface area (Å²) < 4.78 is 3.09. The van der Waals surface area contributed by atoms with E-state index in [4.69, 9.17) is 4.98 Å². The zero-order valence-electron chi connectivity index (χ0n) is 14.8. The third kappa shape index (κ3) is 2.87. The Bertz CT molecular complexity index is 858. The number of H-pyrrole nitrogens is 1. The molecule has 1 saturated carbocycles. The number of aryl methyl sites for hydroxylation is 1. The van der Waals surface area contributed by atoms with Gasteiger partial charge in [0, 0.05) is 19.5 Å². The van der Waals surface area contributed by atoms with Gasteiger partial charge in [0.1, 0.15) is 5.82 Å². The van der Waals surface area contributed by atoms with Crippen LogP contribution in [-0.2, 0) is 13.6 Å². The highest BCUT2D eigenvalue weighted by Crippen LogP contribution is 2.40. The van der Waals surface area contributed by atoms with Crippen LogP contribution in [0.1, 0.15) is 67.3 Å². The molecule has 2 aromatic heterocycles. The molecule has 1 fully saturated rings. The monoisotopic (exact) mass is 345 g/mol. The van der Waals surface area contributed by atoms with Gasteiger partial charge in [-0.15, -0.1) is 5.10 Å². The Kier molecular flexibility index (Phi) is 3.73. The van der Waals surface area contributed by atoms with Crippen LogP contribution in [0.2, 0.25) is 0 Å². The molecule has 0 bridgehead atoms. The lowest BCUT2D eigenvalue weighted by Crippen LogP contribution is -2.43. The number of fused-ring (bicyclic) bond motifs is 1. The topological polar surface area (TPSA) is 102 Å². The minimum atomic E-state index is -0.389. The zero-order chi connectivity index (χ0) is 17.7. The molecule has 0 spiro atoms. The number of hydrogen-bond donors (Lipinski definition) is 1. The van der Waals surface area contributed by atoms with E-state index in [0.717, 1.165) is 35.6 Å². The second-order valence-electron chi connectivity index (χ2n) is 7.37. The van der Waals surface area contributed by atoms with Crippen LogP contribution >= 0.6 is 0 Å². The van der Waals surface area contributed by atoms with E-state index >= 15 is 0 Å². The third-order valence-corrected chi connectivity index (χ3v) is 4.81. The largest absolute Gasteiger partial charge is 0.343 e. The molecule has 0 radical (unpaired) electrons. The smallest absolute Gasteiger partial charge is 0.324 e. The average Bonchev–Trinajstić information content (AvgIpc) is 3.23. The molecule has 1 atom stereocenters. The van der Waals surface area contributed by atoms with Crippen molar-refractivity contribution >= 4 is 5.91 Å². The summed E-state index contributed by atoms with van der Waals surface area (Å²) in [6.45, 7) is 5.41. The fraction of sp³-hybridized carbons (Fsp3) is 0.688. The van der Waals surface area contributed by atoms with Gasteiger partial charge in [-0.2, -0.15) is 5.10 Å². The predicted molar refractivity (Wildman–Crippen MR) is 89.1 cm³/mol. The maximum atomic E-state index is 12.9. The Morgan fingerprint density at radius 3 is 2.64 bits per heavy atom. The van der Waals surface area contributed by atoms with Crippen molar-refractivity contribution in [2.45, 2.75) is 51.6 Å². The number of rotatable bonds is 4. The van der Waals surface area contributed by atoms with E-state index in [1.807, 2.05) is 4.68 Å². The molecule has 1 aliphatic carbocycles. The number of aromatic amines is 1. The maximum Gasteiger partial charge on any atom is 0.343 e. The summed E-state index contributed by atoms with van der Waals surface area (Å²) in [5, 5.41) is 8.66. The minimum Gasteiger partial charge on any atom is -0.324 e. The first-order valence-electron chi connectivity index (χ1n) is 8.83. The fourth-order valence-corrected chi connectivity index (χ4v) is 3.35. The molecular formula is C16H23N7O2. The van der Waals surface area contributed by atoms with Crippen LogP contribution in [0.4, 0.5) is 0 Å². The number of amides is 1. The van der Waals surface area contributed by atoms with Gasteiger partial charge in [0.2, 0.25) is 5.82 Å². The Labute approximate surface area is 145 Å². The number of nitrogens with zero attached hydrogens (tertiary/aromatic N) is 6. The van der Waals surface area contributed by atoms with E-state index < -0.39 is 0 Å². The molecule has 9 heteroatoms. The molecule has 1 amide bonds. The molecule has 0 aromatic carbocycles. The Hall–Kier alpha value is -2.45. The van der Waals surface area contributed by atoms with Crippen LogP contribution < -0.4 is 5.69 Å². The fourth-order valence-electron chi connectivity index (χ4n) is 3.35. The second-order valence-corrected chi connectivity index (χ2v) is 7.37. The first-order chi connectivity index (χ1) is 11.9. The van der Waals surface area contributed by atoms with Gasteiger partial charge in [0.25, 0.3) is 5.91 Å². The van der Waals surface area contributed by atoms with E-state index in [1.54, 1.807) is 4.90 Å². The average molecular weight is 345 g/mol. The molecule has 134 valence electrons. The highest BCUT2D eigenvalue weighted by atomic mass is 16.2. The standard InChI is InChI=1S/C16H23N7O2/c1-9(2)8-11-14-17-12(10-4-5-10)20-23(14)7-6-22(11)15(24)13-18-16(25)21(3)19-13/h9-11H,4-8H2,1-3H3,(H,18,19,25)/t11-/m0/s1.